The molecule has 1 aliphatic heterocycles. The second-order valence-electron chi connectivity index (χ2n) is 6.02. The van der Waals surface area contributed by atoms with E-state index in [1.54, 1.807) is 6.20 Å². The third-order valence-electron chi connectivity index (χ3n) is 4.28. The van der Waals surface area contributed by atoms with Crippen LogP contribution in [0.2, 0.25) is 0 Å². The van der Waals surface area contributed by atoms with Crippen LogP contribution in [0.15, 0.2) is 36.5 Å². The van der Waals surface area contributed by atoms with Crippen LogP contribution in [0.4, 0.5) is 17.2 Å². The first kappa shape index (κ1) is 17.0. The minimum atomic E-state index is -0.110. The molecule has 0 fully saturated rings. The molecule has 2 amide bonds. The average molecular weight is 338 g/mol. The summed E-state index contributed by atoms with van der Waals surface area (Å²) in [4.78, 5) is 30.2. The predicted octanol–water partition coefficient (Wildman–Crippen LogP) is 2.60. The van der Waals surface area contributed by atoms with Crippen LogP contribution in [0.5, 0.6) is 0 Å². The molecule has 1 aliphatic rings. The molecule has 2 aromatic rings. The Bertz CT molecular complexity index is 783. The number of fused-ring (bicyclic) bond motifs is 1. The first-order valence-electron chi connectivity index (χ1n) is 8.51. The minimum absolute atomic E-state index is 0.00373. The highest BCUT2D eigenvalue weighted by Gasteiger charge is 2.18. The van der Waals surface area contributed by atoms with Crippen molar-refractivity contribution in [3.05, 3.63) is 47.7 Å². The van der Waals surface area contributed by atoms with Crippen molar-refractivity contribution in [1.82, 2.24) is 4.98 Å². The highest BCUT2D eigenvalue weighted by molar-refractivity contribution is 5.99. The van der Waals surface area contributed by atoms with Gasteiger partial charge in [0.15, 0.2) is 0 Å². The van der Waals surface area contributed by atoms with E-state index in [0.717, 1.165) is 35.7 Å². The molecule has 2 N–H and O–H groups in total. The summed E-state index contributed by atoms with van der Waals surface area (Å²) < 4.78 is 0. The highest BCUT2D eigenvalue weighted by atomic mass is 16.2. The molecule has 6 heteroatoms. The SMILES string of the molecule is CCN(CC)c1ccc(NC(=O)Cc2ccc3c(c2)NC(=O)C3)cn1. The topological polar surface area (TPSA) is 74.3 Å². The quantitative estimate of drug-likeness (QED) is 0.849. The fraction of sp³-hybridized carbons (Fsp3) is 0.316. The van der Waals surface area contributed by atoms with Gasteiger partial charge in [0.05, 0.1) is 24.7 Å². The number of hydrogen-bond donors (Lipinski definition) is 2. The summed E-state index contributed by atoms with van der Waals surface area (Å²) in [6, 6.07) is 9.42. The number of carbonyl (C=O) groups excluding carboxylic acids is 2. The zero-order valence-electron chi connectivity index (χ0n) is 14.5. The molecule has 1 aromatic carbocycles. The van der Waals surface area contributed by atoms with E-state index in [9.17, 15) is 9.59 Å². The van der Waals surface area contributed by atoms with Gasteiger partial charge in [-0.15, -0.1) is 0 Å². The van der Waals surface area contributed by atoms with Gasteiger partial charge in [0.25, 0.3) is 0 Å². The molecular formula is C19H22N4O2. The van der Waals surface area contributed by atoms with Crippen LogP contribution < -0.4 is 15.5 Å². The summed E-state index contributed by atoms with van der Waals surface area (Å²) >= 11 is 0. The number of hydrogen-bond acceptors (Lipinski definition) is 4. The Morgan fingerprint density at radius 1 is 1.24 bits per heavy atom. The number of rotatable bonds is 6. The first-order valence-corrected chi connectivity index (χ1v) is 8.51. The number of nitrogens with one attached hydrogen (secondary N) is 2. The summed E-state index contributed by atoms with van der Waals surface area (Å²) in [5, 5.41) is 5.67. The van der Waals surface area contributed by atoms with Gasteiger partial charge in [-0.05, 0) is 43.2 Å². The third-order valence-corrected chi connectivity index (χ3v) is 4.28. The molecule has 1 aromatic heterocycles. The molecule has 0 unspecified atom stereocenters. The second-order valence-corrected chi connectivity index (χ2v) is 6.02. The maximum absolute atomic E-state index is 12.2. The van der Waals surface area contributed by atoms with Crippen molar-refractivity contribution in [2.75, 3.05) is 28.6 Å². The maximum atomic E-state index is 12.2. The van der Waals surface area contributed by atoms with Crippen LogP contribution in [0.1, 0.15) is 25.0 Å². The highest BCUT2D eigenvalue weighted by Crippen LogP contribution is 2.24. The molecule has 0 spiro atoms. The molecular weight excluding hydrogens is 316 g/mol. The molecule has 0 aliphatic carbocycles. The van der Waals surface area contributed by atoms with Gasteiger partial charge < -0.3 is 15.5 Å². The fourth-order valence-electron chi connectivity index (χ4n) is 2.96. The monoisotopic (exact) mass is 338 g/mol. The molecule has 0 saturated heterocycles. The summed E-state index contributed by atoms with van der Waals surface area (Å²) in [5.74, 6) is 0.787. The average Bonchev–Trinajstić information content (AvgIpc) is 2.96. The maximum Gasteiger partial charge on any atom is 0.228 e. The molecule has 25 heavy (non-hydrogen) atoms. The van der Waals surface area contributed by atoms with E-state index in [-0.39, 0.29) is 18.2 Å². The molecule has 3 rings (SSSR count). The number of amides is 2. The Morgan fingerprint density at radius 2 is 2.04 bits per heavy atom. The first-order chi connectivity index (χ1) is 12.1. The van der Waals surface area contributed by atoms with E-state index in [2.05, 4.69) is 34.4 Å². The Morgan fingerprint density at radius 3 is 2.72 bits per heavy atom. The Labute approximate surface area is 147 Å². The lowest BCUT2D eigenvalue weighted by Gasteiger charge is -2.19. The van der Waals surface area contributed by atoms with E-state index in [1.165, 1.54) is 0 Å². The smallest absolute Gasteiger partial charge is 0.228 e. The standard InChI is InChI=1S/C19H22N4O2/c1-3-23(4-2)17-8-7-15(12-20-17)21-18(24)10-13-5-6-14-11-19(25)22-16(14)9-13/h5-9,12H,3-4,10-11H2,1-2H3,(H,21,24)(H,22,25). The molecule has 6 nitrogen and oxygen atoms in total. The zero-order valence-corrected chi connectivity index (χ0v) is 14.5. The lowest BCUT2D eigenvalue weighted by Crippen LogP contribution is -2.23. The van der Waals surface area contributed by atoms with Gasteiger partial charge in [0.1, 0.15) is 5.82 Å². The number of anilines is 3. The summed E-state index contributed by atoms with van der Waals surface area (Å²) in [6.45, 7) is 5.95. The number of nitrogens with zero attached hydrogens (tertiary/aromatic N) is 2. The second kappa shape index (κ2) is 7.34. The van der Waals surface area contributed by atoms with Gasteiger partial charge >= 0.3 is 0 Å². The van der Waals surface area contributed by atoms with Crippen LogP contribution in [0.25, 0.3) is 0 Å². The zero-order chi connectivity index (χ0) is 17.8. The van der Waals surface area contributed by atoms with Crippen LogP contribution >= 0.6 is 0 Å². The van der Waals surface area contributed by atoms with Gasteiger partial charge in [-0.1, -0.05) is 12.1 Å². The Kier molecular flexibility index (Phi) is 4.97. The lowest BCUT2D eigenvalue weighted by atomic mass is 10.1. The van der Waals surface area contributed by atoms with Crippen LogP contribution in [-0.2, 0) is 22.4 Å². The molecule has 0 radical (unpaired) electrons. The normalized spacial score (nSPS) is 12.5. The van der Waals surface area contributed by atoms with Gasteiger partial charge in [0.2, 0.25) is 11.8 Å². The van der Waals surface area contributed by atoms with Crippen LogP contribution in [-0.4, -0.2) is 29.9 Å². The Hall–Kier alpha value is -2.89. The van der Waals surface area contributed by atoms with Crippen molar-refractivity contribution in [3.8, 4) is 0 Å². The Balaban J connectivity index is 1.61. The van der Waals surface area contributed by atoms with E-state index in [4.69, 9.17) is 0 Å². The van der Waals surface area contributed by atoms with E-state index in [0.29, 0.717) is 12.1 Å². The summed E-state index contributed by atoms with van der Waals surface area (Å²) in [6.07, 6.45) is 2.34. The van der Waals surface area contributed by atoms with E-state index < -0.39 is 0 Å². The van der Waals surface area contributed by atoms with Crippen molar-refractivity contribution >= 4 is 29.0 Å². The fourth-order valence-corrected chi connectivity index (χ4v) is 2.96. The lowest BCUT2D eigenvalue weighted by molar-refractivity contribution is -0.116. The molecule has 2 heterocycles. The number of pyridine rings is 1. The van der Waals surface area contributed by atoms with E-state index >= 15 is 0 Å². The largest absolute Gasteiger partial charge is 0.357 e. The number of benzene rings is 1. The number of carbonyl (C=O) groups is 2. The minimum Gasteiger partial charge on any atom is -0.357 e. The van der Waals surface area contributed by atoms with Gasteiger partial charge in [-0.2, -0.15) is 0 Å². The van der Waals surface area contributed by atoms with E-state index in [1.807, 2.05) is 30.3 Å². The third kappa shape index (κ3) is 3.96. The van der Waals surface area contributed by atoms with Crippen LogP contribution in [0, 0.1) is 0 Å². The van der Waals surface area contributed by atoms with Gasteiger partial charge in [0, 0.05) is 18.8 Å². The van der Waals surface area contributed by atoms with Gasteiger partial charge in [-0.3, -0.25) is 9.59 Å². The van der Waals surface area contributed by atoms with Crippen molar-refractivity contribution in [2.45, 2.75) is 26.7 Å². The van der Waals surface area contributed by atoms with Crippen molar-refractivity contribution in [3.63, 3.8) is 0 Å². The predicted molar refractivity (Wildman–Crippen MR) is 98.9 cm³/mol. The number of aromatic nitrogens is 1. The molecule has 0 saturated carbocycles. The van der Waals surface area contributed by atoms with Crippen molar-refractivity contribution < 1.29 is 9.59 Å². The van der Waals surface area contributed by atoms with Crippen LogP contribution in [0.3, 0.4) is 0 Å². The summed E-state index contributed by atoms with van der Waals surface area (Å²) in [7, 11) is 0. The summed E-state index contributed by atoms with van der Waals surface area (Å²) in [5.41, 5.74) is 3.33. The van der Waals surface area contributed by atoms with Crippen molar-refractivity contribution in [1.29, 1.82) is 0 Å². The van der Waals surface area contributed by atoms with Crippen molar-refractivity contribution in [2.24, 2.45) is 0 Å². The molecule has 130 valence electrons. The molecule has 0 atom stereocenters. The molecule has 0 bridgehead atoms. The van der Waals surface area contributed by atoms with Gasteiger partial charge in [-0.25, -0.2) is 4.98 Å².